The summed E-state index contributed by atoms with van der Waals surface area (Å²) in [6.07, 6.45) is 1.40. The molecule has 0 radical (unpaired) electrons. The van der Waals surface area contributed by atoms with Gasteiger partial charge in [0.1, 0.15) is 34.8 Å². The maximum atomic E-state index is 13.0. The lowest BCUT2D eigenvalue weighted by Crippen LogP contribution is -2.29. The van der Waals surface area contributed by atoms with E-state index in [1.54, 1.807) is 36.4 Å². The molecule has 2 heterocycles. The Morgan fingerprint density at radius 2 is 1.81 bits per heavy atom. The first-order chi connectivity index (χ1) is 15.0. The van der Waals surface area contributed by atoms with Gasteiger partial charge in [-0.1, -0.05) is 12.1 Å². The van der Waals surface area contributed by atoms with Crippen LogP contribution in [0.1, 0.15) is 17.4 Å². The molecule has 1 aromatic heterocycles. The van der Waals surface area contributed by atoms with Crippen LogP contribution in [0, 0.1) is 0 Å². The lowest BCUT2D eigenvalue weighted by molar-refractivity contribution is -0.132. The fourth-order valence-electron chi connectivity index (χ4n) is 3.60. The number of rotatable bonds is 5. The number of phenolic OH excluding ortho intramolecular Hbond substituents is 1. The number of para-hydroxylation sites is 2. The van der Waals surface area contributed by atoms with Gasteiger partial charge < -0.3 is 24.1 Å². The highest BCUT2D eigenvalue weighted by molar-refractivity contribution is 6.51. The zero-order chi connectivity index (χ0) is 22.1. The summed E-state index contributed by atoms with van der Waals surface area (Å²) in [5.74, 6) is -1.46. The van der Waals surface area contributed by atoms with E-state index >= 15 is 0 Å². The standard InChI is InChI=1S/C23H19NO7/c1-29-13-9-10-14(18(12-13)30-2)21(26)19-20(17-8-5-11-31-17)24(23(28)22(19)27)15-6-3-4-7-16(15)25/h3-12,20,25-26H,1-2H3/b21-19-. The third kappa shape index (κ3) is 3.28. The van der Waals surface area contributed by atoms with Gasteiger partial charge in [-0.05, 0) is 36.4 Å². The van der Waals surface area contributed by atoms with Crippen LogP contribution in [0.25, 0.3) is 5.76 Å². The predicted molar refractivity (Wildman–Crippen MR) is 111 cm³/mol. The number of carbonyl (C=O) groups is 2. The van der Waals surface area contributed by atoms with Crippen molar-refractivity contribution in [3.63, 3.8) is 0 Å². The fraction of sp³-hybridized carbons (Fsp3) is 0.130. The molecular formula is C23H19NO7. The second-order valence-electron chi connectivity index (χ2n) is 6.74. The first kappa shape index (κ1) is 20.1. The number of amides is 1. The lowest BCUT2D eigenvalue weighted by atomic mass is 9.98. The van der Waals surface area contributed by atoms with Gasteiger partial charge in [-0.25, -0.2) is 0 Å². The summed E-state index contributed by atoms with van der Waals surface area (Å²) < 4.78 is 16.0. The van der Waals surface area contributed by atoms with Gasteiger partial charge in [0.2, 0.25) is 0 Å². The third-order valence-corrected chi connectivity index (χ3v) is 5.06. The molecule has 0 bridgehead atoms. The molecule has 31 heavy (non-hydrogen) atoms. The summed E-state index contributed by atoms with van der Waals surface area (Å²) in [4.78, 5) is 27.1. The van der Waals surface area contributed by atoms with Crippen molar-refractivity contribution in [3.05, 3.63) is 77.8 Å². The van der Waals surface area contributed by atoms with Crippen molar-refractivity contribution in [3.8, 4) is 17.2 Å². The number of carbonyl (C=O) groups excluding carboxylic acids is 2. The van der Waals surface area contributed by atoms with E-state index in [-0.39, 0.29) is 34.1 Å². The molecular weight excluding hydrogens is 402 g/mol. The normalized spacial score (nSPS) is 17.7. The monoisotopic (exact) mass is 421 g/mol. The van der Waals surface area contributed by atoms with Crippen LogP contribution in [0.4, 0.5) is 5.69 Å². The molecule has 0 spiro atoms. The van der Waals surface area contributed by atoms with Gasteiger partial charge in [0, 0.05) is 6.07 Å². The highest BCUT2D eigenvalue weighted by Gasteiger charge is 2.49. The topological polar surface area (TPSA) is 109 Å². The second-order valence-corrected chi connectivity index (χ2v) is 6.74. The Morgan fingerprint density at radius 3 is 2.45 bits per heavy atom. The Bertz CT molecular complexity index is 1180. The quantitative estimate of drug-likeness (QED) is 0.368. The fourth-order valence-corrected chi connectivity index (χ4v) is 3.60. The van der Waals surface area contributed by atoms with Gasteiger partial charge in [-0.2, -0.15) is 0 Å². The Morgan fingerprint density at radius 1 is 1.03 bits per heavy atom. The molecule has 3 aromatic rings. The number of hydrogen-bond acceptors (Lipinski definition) is 7. The van der Waals surface area contributed by atoms with Gasteiger partial charge in [0.15, 0.2) is 0 Å². The zero-order valence-electron chi connectivity index (χ0n) is 16.7. The van der Waals surface area contributed by atoms with E-state index in [0.717, 1.165) is 4.90 Å². The minimum atomic E-state index is -1.09. The van der Waals surface area contributed by atoms with Crippen LogP contribution in [0.5, 0.6) is 17.2 Å². The van der Waals surface area contributed by atoms with Crippen LogP contribution >= 0.6 is 0 Å². The van der Waals surface area contributed by atoms with Crippen molar-refractivity contribution in [2.45, 2.75) is 6.04 Å². The predicted octanol–water partition coefficient (Wildman–Crippen LogP) is 3.63. The van der Waals surface area contributed by atoms with E-state index in [1.165, 1.54) is 38.7 Å². The molecule has 1 aliphatic rings. The van der Waals surface area contributed by atoms with Crippen molar-refractivity contribution in [1.29, 1.82) is 0 Å². The molecule has 4 rings (SSSR count). The largest absolute Gasteiger partial charge is 0.507 e. The number of aliphatic hydroxyl groups excluding tert-OH is 1. The molecule has 1 unspecified atom stereocenters. The van der Waals surface area contributed by atoms with E-state index in [4.69, 9.17) is 13.9 Å². The molecule has 1 aliphatic heterocycles. The average Bonchev–Trinajstić information content (AvgIpc) is 3.40. The number of ketones is 1. The Balaban J connectivity index is 1.95. The first-order valence-corrected chi connectivity index (χ1v) is 9.32. The summed E-state index contributed by atoms with van der Waals surface area (Å²) in [6, 6.07) is 12.9. The van der Waals surface area contributed by atoms with Crippen molar-refractivity contribution in [1.82, 2.24) is 0 Å². The summed E-state index contributed by atoms with van der Waals surface area (Å²) in [5.41, 5.74) is 0.133. The molecule has 2 aromatic carbocycles. The van der Waals surface area contributed by atoms with Crippen LogP contribution in [-0.4, -0.2) is 36.1 Å². The Labute approximate surface area is 177 Å². The summed E-state index contributed by atoms with van der Waals surface area (Å²) in [6.45, 7) is 0. The number of ether oxygens (including phenoxy) is 2. The number of aliphatic hydroxyl groups is 1. The number of hydrogen-bond donors (Lipinski definition) is 2. The maximum Gasteiger partial charge on any atom is 0.300 e. The lowest BCUT2D eigenvalue weighted by Gasteiger charge is -2.24. The number of furan rings is 1. The highest BCUT2D eigenvalue weighted by atomic mass is 16.5. The summed E-state index contributed by atoms with van der Waals surface area (Å²) >= 11 is 0. The van der Waals surface area contributed by atoms with Crippen molar-refractivity contribution >= 4 is 23.1 Å². The molecule has 0 aliphatic carbocycles. The third-order valence-electron chi connectivity index (χ3n) is 5.06. The minimum absolute atomic E-state index is 0.117. The number of nitrogens with zero attached hydrogens (tertiary/aromatic N) is 1. The molecule has 1 atom stereocenters. The number of anilines is 1. The number of benzene rings is 2. The number of Topliss-reactive ketones (excluding diaryl/α,β-unsaturated/α-hetero) is 1. The maximum absolute atomic E-state index is 13.0. The van der Waals surface area contributed by atoms with Gasteiger partial charge in [-0.3, -0.25) is 14.5 Å². The summed E-state index contributed by atoms with van der Waals surface area (Å²) in [7, 11) is 2.90. The Kier molecular flexibility index (Phi) is 5.12. The van der Waals surface area contributed by atoms with Gasteiger partial charge >= 0.3 is 0 Å². The minimum Gasteiger partial charge on any atom is -0.507 e. The van der Waals surface area contributed by atoms with E-state index in [0.29, 0.717) is 5.75 Å². The average molecular weight is 421 g/mol. The van der Waals surface area contributed by atoms with Crippen molar-refractivity contribution < 1.29 is 33.7 Å². The van der Waals surface area contributed by atoms with Crippen LogP contribution < -0.4 is 14.4 Å². The van der Waals surface area contributed by atoms with Crippen molar-refractivity contribution in [2.75, 3.05) is 19.1 Å². The van der Waals surface area contributed by atoms with E-state index in [1.807, 2.05) is 0 Å². The number of aromatic hydroxyl groups is 1. The Hall–Kier alpha value is -4.20. The summed E-state index contributed by atoms with van der Waals surface area (Å²) in [5, 5.41) is 21.5. The smallest absolute Gasteiger partial charge is 0.300 e. The van der Waals surface area contributed by atoms with Crippen molar-refractivity contribution in [2.24, 2.45) is 0 Å². The molecule has 8 heteroatoms. The molecule has 2 N–H and O–H groups in total. The van der Waals surface area contributed by atoms with E-state index in [9.17, 15) is 19.8 Å². The van der Waals surface area contributed by atoms with E-state index < -0.39 is 23.5 Å². The first-order valence-electron chi connectivity index (χ1n) is 9.32. The second kappa shape index (κ2) is 7.91. The molecule has 158 valence electrons. The highest BCUT2D eigenvalue weighted by Crippen LogP contribution is 2.45. The zero-order valence-corrected chi connectivity index (χ0v) is 16.7. The van der Waals surface area contributed by atoms with Crippen LogP contribution in [-0.2, 0) is 9.59 Å². The molecule has 0 saturated carbocycles. The number of phenols is 1. The van der Waals surface area contributed by atoms with E-state index in [2.05, 4.69) is 0 Å². The van der Waals surface area contributed by atoms with Crippen LogP contribution in [0.15, 0.2) is 70.9 Å². The SMILES string of the molecule is COc1ccc(/C(O)=C2/C(=O)C(=O)N(c3ccccc3O)C2c2ccco2)c(OC)c1. The van der Waals surface area contributed by atoms with Gasteiger partial charge in [0.25, 0.3) is 11.7 Å². The van der Waals surface area contributed by atoms with Gasteiger partial charge in [-0.15, -0.1) is 0 Å². The molecule has 8 nitrogen and oxygen atoms in total. The van der Waals surface area contributed by atoms with Gasteiger partial charge in [0.05, 0.1) is 37.3 Å². The van der Waals surface area contributed by atoms with Crippen LogP contribution in [0.3, 0.4) is 0 Å². The molecule has 1 fully saturated rings. The molecule has 1 saturated heterocycles. The number of methoxy groups -OCH3 is 2. The van der Waals surface area contributed by atoms with Crippen LogP contribution in [0.2, 0.25) is 0 Å². The molecule has 1 amide bonds.